The molecular formula is C36H52N4O4. The molecule has 4 atom stereocenters. The van der Waals surface area contributed by atoms with Gasteiger partial charge in [-0.05, 0) is 100 Å². The average molecular weight is 605 g/mol. The number of likely N-dealkylation sites (N-methyl/N-ethyl adjacent to an activating group) is 1. The number of hydrogen-bond acceptors (Lipinski definition) is 5. The molecule has 3 N–H and O–H groups in total. The second kappa shape index (κ2) is 13.7. The first-order chi connectivity index (χ1) is 20.7. The highest BCUT2D eigenvalue weighted by Gasteiger charge is 2.42. The fraction of sp³-hybridized carbons (Fsp3) is 0.583. The van der Waals surface area contributed by atoms with Gasteiger partial charge in [0.25, 0.3) is 0 Å². The van der Waals surface area contributed by atoms with Gasteiger partial charge in [-0.1, -0.05) is 51.1 Å². The highest BCUT2D eigenvalue weighted by molar-refractivity contribution is 5.90. The molecule has 2 aliphatic rings. The molecule has 2 aromatic carbocycles. The van der Waals surface area contributed by atoms with Gasteiger partial charge in [-0.3, -0.25) is 14.4 Å². The van der Waals surface area contributed by atoms with Gasteiger partial charge in [0.1, 0.15) is 17.4 Å². The van der Waals surface area contributed by atoms with Crippen molar-refractivity contribution in [3.63, 3.8) is 0 Å². The summed E-state index contributed by atoms with van der Waals surface area (Å²) in [4.78, 5) is 42.9. The van der Waals surface area contributed by atoms with E-state index in [0.29, 0.717) is 25.9 Å². The Hall–Kier alpha value is -3.39. The zero-order valence-corrected chi connectivity index (χ0v) is 27.9. The van der Waals surface area contributed by atoms with Crippen LogP contribution in [0.25, 0.3) is 0 Å². The topological polar surface area (TPSA) is 99.8 Å². The molecule has 1 aliphatic carbocycles. The number of amides is 3. The van der Waals surface area contributed by atoms with Gasteiger partial charge >= 0.3 is 0 Å². The van der Waals surface area contributed by atoms with E-state index in [2.05, 4.69) is 48.9 Å². The molecule has 8 nitrogen and oxygen atoms in total. The molecule has 2 aromatic rings. The van der Waals surface area contributed by atoms with E-state index in [1.54, 1.807) is 18.9 Å². The van der Waals surface area contributed by atoms with Crippen LogP contribution in [0.4, 0.5) is 0 Å². The standard InChI is InChI=1S/C36H52N4O4/c1-23(37-8)32(41)38-19-18-29(35(2,3)4)34(43)40-22-26-20-27(44-36(5,6)7)17-16-25(26)21-31(40)33(42)39-30-15-11-13-24-12-9-10-14-28(24)30/h9-10,12,14,16-17,20,23,29-31,37H,11,13,15,18-19,21-22H2,1-8H3,(H,38,41)(H,39,42)/t23-,29+,30+,31-/m0/s1. The highest BCUT2D eigenvalue weighted by atomic mass is 16.5. The fourth-order valence-corrected chi connectivity index (χ4v) is 6.37. The molecule has 0 saturated carbocycles. The van der Waals surface area contributed by atoms with Crippen molar-refractivity contribution in [1.29, 1.82) is 0 Å². The molecule has 240 valence electrons. The van der Waals surface area contributed by atoms with E-state index in [9.17, 15) is 14.4 Å². The zero-order valence-electron chi connectivity index (χ0n) is 27.9. The normalized spacial score (nSPS) is 19.7. The number of nitrogens with zero attached hydrogens (tertiary/aromatic N) is 1. The minimum atomic E-state index is -0.637. The van der Waals surface area contributed by atoms with Gasteiger partial charge in [-0.2, -0.15) is 0 Å². The third-order valence-corrected chi connectivity index (χ3v) is 8.91. The largest absolute Gasteiger partial charge is 0.488 e. The molecule has 0 spiro atoms. The van der Waals surface area contributed by atoms with Crippen molar-refractivity contribution < 1.29 is 19.1 Å². The predicted octanol–water partition coefficient (Wildman–Crippen LogP) is 5.09. The first-order valence-electron chi connectivity index (χ1n) is 16.1. The molecule has 0 unspecified atom stereocenters. The lowest BCUT2D eigenvalue weighted by Crippen LogP contribution is -2.56. The molecule has 1 heterocycles. The summed E-state index contributed by atoms with van der Waals surface area (Å²) in [6.07, 6.45) is 3.82. The van der Waals surface area contributed by atoms with E-state index in [4.69, 9.17) is 4.74 Å². The third-order valence-electron chi connectivity index (χ3n) is 8.91. The van der Waals surface area contributed by atoms with Crippen LogP contribution in [0.1, 0.15) is 96.0 Å². The smallest absolute Gasteiger partial charge is 0.243 e. The van der Waals surface area contributed by atoms with Gasteiger partial charge in [0, 0.05) is 25.4 Å². The van der Waals surface area contributed by atoms with Gasteiger partial charge in [0.2, 0.25) is 17.7 Å². The summed E-state index contributed by atoms with van der Waals surface area (Å²) >= 11 is 0. The summed E-state index contributed by atoms with van der Waals surface area (Å²) in [5, 5.41) is 9.26. The van der Waals surface area contributed by atoms with Crippen molar-refractivity contribution in [3.05, 3.63) is 64.7 Å². The summed E-state index contributed by atoms with van der Waals surface area (Å²) in [6.45, 7) is 14.7. The van der Waals surface area contributed by atoms with Crippen molar-refractivity contribution in [2.75, 3.05) is 13.6 Å². The molecule has 8 heteroatoms. The number of ether oxygens (including phenoxy) is 1. The minimum Gasteiger partial charge on any atom is -0.488 e. The van der Waals surface area contributed by atoms with Crippen molar-refractivity contribution in [1.82, 2.24) is 20.9 Å². The number of fused-ring (bicyclic) bond motifs is 2. The number of carbonyl (C=O) groups excluding carboxylic acids is 3. The van der Waals surface area contributed by atoms with E-state index in [1.807, 2.05) is 51.1 Å². The van der Waals surface area contributed by atoms with Gasteiger partial charge in [-0.25, -0.2) is 0 Å². The van der Waals surface area contributed by atoms with Crippen molar-refractivity contribution in [2.24, 2.45) is 11.3 Å². The highest BCUT2D eigenvalue weighted by Crippen LogP contribution is 2.36. The number of carbonyl (C=O) groups is 3. The maximum atomic E-state index is 14.5. The molecule has 1 aliphatic heterocycles. The Morgan fingerprint density at radius 2 is 1.73 bits per heavy atom. The summed E-state index contributed by atoms with van der Waals surface area (Å²) in [6, 6.07) is 13.3. The molecule has 0 radical (unpaired) electrons. The van der Waals surface area contributed by atoms with Crippen molar-refractivity contribution in [2.45, 2.75) is 111 Å². The van der Waals surface area contributed by atoms with E-state index >= 15 is 0 Å². The lowest BCUT2D eigenvalue weighted by atomic mass is 9.77. The Morgan fingerprint density at radius 1 is 1.00 bits per heavy atom. The van der Waals surface area contributed by atoms with Crippen LogP contribution in [0.5, 0.6) is 5.75 Å². The lowest BCUT2D eigenvalue weighted by Gasteiger charge is -2.41. The Bertz CT molecular complexity index is 1340. The molecule has 0 saturated heterocycles. The predicted molar refractivity (Wildman–Crippen MR) is 174 cm³/mol. The van der Waals surface area contributed by atoms with E-state index in [-0.39, 0.29) is 40.8 Å². The number of nitrogens with one attached hydrogen (secondary N) is 3. The quantitative estimate of drug-likeness (QED) is 0.371. The molecule has 0 aromatic heterocycles. The number of rotatable bonds is 9. The summed E-state index contributed by atoms with van der Waals surface area (Å²) in [5.74, 6) is 0.0684. The maximum Gasteiger partial charge on any atom is 0.243 e. The average Bonchev–Trinajstić information content (AvgIpc) is 2.96. The summed E-state index contributed by atoms with van der Waals surface area (Å²) in [7, 11) is 1.75. The monoisotopic (exact) mass is 604 g/mol. The maximum absolute atomic E-state index is 14.5. The van der Waals surface area contributed by atoms with Gasteiger partial charge in [0.05, 0.1) is 12.1 Å². The Kier molecular flexibility index (Phi) is 10.4. The van der Waals surface area contributed by atoms with Crippen LogP contribution in [0.2, 0.25) is 0 Å². The number of benzene rings is 2. The SMILES string of the molecule is CN[C@@H](C)C(=O)NCC[C@H](C(=O)N1Cc2cc(OC(C)(C)C)ccc2C[C@H]1C(=O)N[C@@H]1CCCc2ccccc21)C(C)(C)C. The second-order valence-electron chi connectivity index (χ2n) is 14.5. The van der Waals surface area contributed by atoms with Crippen LogP contribution in [0, 0.1) is 11.3 Å². The Balaban J connectivity index is 1.63. The van der Waals surface area contributed by atoms with Crippen LogP contribution < -0.4 is 20.7 Å². The Labute approximate surface area is 263 Å². The van der Waals surface area contributed by atoms with E-state index in [1.165, 1.54) is 11.1 Å². The van der Waals surface area contributed by atoms with Gasteiger partial charge in [0.15, 0.2) is 0 Å². The van der Waals surface area contributed by atoms with E-state index in [0.717, 1.165) is 36.1 Å². The van der Waals surface area contributed by atoms with Gasteiger partial charge < -0.3 is 25.6 Å². The summed E-state index contributed by atoms with van der Waals surface area (Å²) in [5.41, 5.74) is 3.76. The third kappa shape index (κ3) is 8.20. The number of hydrogen-bond donors (Lipinski definition) is 3. The zero-order chi connectivity index (χ0) is 32.2. The Morgan fingerprint density at radius 3 is 2.41 bits per heavy atom. The van der Waals surface area contributed by atoms with Crippen molar-refractivity contribution in [3.8, 4) is 5.75 Å². The van der Waals surface area contributed by atoms with Crippen LogP contribution in [0.15, 0.2) is 42.5 Å². The number of aryl methyl sites for hydroxylation is 1. The lowest BCUT2D eigenvalue weighted by molar-refractivity contribution is -0.148. The first-order valence-corrected chi connectivity index (χ1v) is 16.1. The molecule has 44 heavy (non-hydrogen) atoms. The van der Waals surface area contributed by atoms with Crippen molar-refractivity contribution >= 4 is 17.7 Å². The fourth-order valence-electron chi connectivity index (χ4n) is 6.37. The molecular weight excluding hydrogens is 552 g/mol. The van der Waals surface area contributed by atoms with Crippen LogP contribution in [-0.2, 0) is 33.8 Å². The first kappa shape index (κ1) is 33.5. The van der Waals surface area contributed by atoms with Crippen LogP contribution >= 0.6 is 0 Å². The molecule has 3 amide bonds. The molecule has 0 fully saturated rings. The van der Waals surface area contributed by atoms with Gasteiger partial charge in [-0.15, -0.1) is 0 Å². The molecule has 4 rings (SSSR count). The second-order valence-corrected chi connectivity index (χ2v) is 14.5. The minimum absolute atomic E-state index is 0.0644. The van der Waals surface area contributed by atoms with Crippen LogP contribution in [-0.4, -0.2) is 53.9 Å². The van der Waals surface area contributed by atoms with E-state index < -0.39 is 12.0 Å². The van der Waals surface area contributed by atoms with Crippen LogP contribution in [0.3, 0.4) is 0 Å². The molecule has 0 bridgehead atoms. The summed E-state index contributed by atoms with van der Waals surface area (Å²) < 4.78 is 6.15.